The highest BCUT2D eigenvalue weighted by Gasteiger charge is 2.44. The number of fused-ring (bicyclic) bond motifs is 1. The van der Waals surface area contributed by atoms with Gasteiger partial charge in [-0.15, -0.1) is 0 Å². The van der Waals surface area contributed by atoms with Gasteiger partial charge in [-0.1, -0.05) is 74.5 Å². The zero-order valence-corrected chi connectivity index (χ0v) is 34.9. The van der Waals surface area contributed by atoms with Crippen LogP contribution < -0.4 is 19.9 Å². The van der Waals surface area contributed by atoms with Crippen LogP contribution in [0.4, 0.5) is 15.3 Å². The standard InChI is InChI=1S/C42H50N3O13PS/c1-29(2)24-45(60(51,52)35-19-17-33(18-20-35)56-28-59(49,50)58-34-11-7-4-8-12-34)25-38(46)37(44-42(48)57-39-27-54-40-36(39)21-22-53-40)23-30-13-15-32(16-14-30)43-41(47)55-26-31-9-5-3-6-10-31/h3-20,29,36-40,46H,21-28H2,1-2H3,(H,43,47)(H,44,48)(H,49,50)/t36-,37-,38+,39-,40+/m0/s1. The summed E-state index contributed by atoms with van der Waals surface area (Å²) in [6.45, 7) is 4.04. The molecule has 2 aliphatic rings. The van der Waals surface area contributed by atoms with E-state index in [2.05, 4.69) is 10.6 Å². The Morgan fingerprint density at radius 2 is 1.55 bits per heavy atom. The summed E-state index contributed by atoms with van der Waals surface area (Å²) in [7, 11) is -8.43. The van der Waals surface area contributed by atoms with Gasteiger partial charge in [0.05, 0.1) is 36.2 Å². The fraction of sp³-hybridized carbons (Fsp3) is 0.381. The summed E-state index contributed by atoms with van der Waals surface area (Å²) >= 11 is 0. The molecular formula is C42H50N3O13PS. The second-order valence-electron chi connectivity index (χ2n) is 14.9. The normalized spacial score (nSPS) is 19.5. The predicted molar refractivity (Wildman–Crippen MR) is 220 cm³/mol. The van der Waals surface area contributed by atoms with Crippen molar-refractivity contribution in [2.75, 3.05) is 38.0 Å². The van der Waals surface area contributed by atoms with Gasteiger partial charge < -0.3 is 43.5 Å². The first-order chi connectivity index (χ1) is 28.7. The van der Waals surface area contributed by atoms with E-state index in [4.69, 9.17) is 28.2 Å². The van der Waals surface area contributed by atoms with Gasteiger partial charge in [-0.05, 0) is 78.4 Å². The third-order valence-corrected chi connectivity index (χ3v) is 12.5. The lowest BCUT2D eigenvalue weighted by Gasteiger charge is -2.31. The van der Waals surface area contributed by atoms with E-state index in [1.165, 1.54) is 36.4 Å². The van der Waals surface area contributed by atoms with Gasteiger partial charge in [0, 0.05) is 18.8 Å². The molecule has 2 fully saturated rings. The molecule has 1 unspecified atom stereocenters. The maximum absolute atomic E-state index is 14.1. The first kappa shape index (κ1) is 44.5. The van der Waals surface area contributed by atoms with E-state index in [0.717, 1.165) is 9.87 Å². The van der Waals surface area contributed by atoms with E-state index in [1.54, 1.807) is 42.5 Å². The smallest absolute Gasteiger partial charge is 0.413 e. The third kappa shape index (κ3) is 12.8. The molecular weight excluding hydrogens is 818 g/mol. The van der Waals surface area contributed by atoms with E-state index in [9.17, 15) is 32.6 Å². The fourth-order valence-corrected chi connectivity index (χ4v) is 9.15. The van der Waals surface area contributed by atoms with Crippen LogP contribution in [0.2, 0.25) is 0 Å². The third-order valence-electron chi connectivity index (χ3n) is 9.69. The van der Waals surface area contributed by atoms with Crippen molar-refractivity contribution in [1.29, 1.82) is 0 Å². The van der Waals surface area contributed by atoms with Crippen LogP contribution in [0.3, 0.4) is 0 Å². The first-order valence-electron chi connectivity index (χ1n) is 19.5. The molecule has 4 aromatic rings. The van der Waals surface area contributed by atoms with Crippen LogP contribution in [0.25, 0.3) is 0 Å². The number of aliphatic hydroxyl groups is 1. The number of rotatable bonds is 19. The minimum Gasteiger partial charge on any atom is -0.480 e. The number of anilines is 1. The molecule has 2 saturated heterocycles. The monoisotopic (exact) mass is 867 g/mol. The summed E-state index contributed by atoms with van der Waals surface area (Å²) in [5.74, 6) is 0.0435. The van der Waals surface area contributed by atoms with Crippen LogP contribution in [0.1, 0.15) is 31.4 Å². The molecule has 0 aromatic heterocycles. The number of carbonyl (C=O) groups is 2. The number of aliphatic hydroxyl groups excluding tert-OH is 1. The molecule has 2 aliphatic heterocycles. The summed E-state index contributed by atoms with van der Waals surface area (Å²) in [4.78, 5) is 36.0. The average molecular weight is 868 g/mol. The number of amides is 2. The minimum absolute atomic E-state index is 0.0303. The van der Waals surface area contributed by atoms with Crippen LogP contribution in [-0.4, -0.2) is 92.1 Å². The Labute approximate surface area is 349 Å². The summed E-state index contributed by atoms with van der Waals surface area (Å²) in [5, 5.41) is 17.2. The largest absolute Gasteiger partial charge is 0.480 e. The van der Waals surface area contributed by atoms with Gasteiger partial charge in [0.15, 0.2) is 12.6 Å². The fourth-order valence-electron chi connectivity index (χ4n) is 6.71. The summed E-state index contributed by atoms with van der Waals surface area (Å²) in [6.07, 6.45) is -3.85. The minimum atomic E-state index is -4.23. The van der Waals surface area contributed by atoms with Crippen LogP contribution >= 0.6 is 7.60 Å². The van der Waals surface area contributed by atoms with Crippen LogP contribution in [0, 0.1) is 11.8 Å². The van der Waals surface area contributed by atoms with E-state index in [0.29, 0.717) is 24.3 Å². The number of carbonyl (C=O) groups excluding carboxylic acids is 2. The number of ether oxygens (including phenoxy) is 5. The van der Waals surface area contributed by atoms with Gasteiger partial charge in [-0.25, -0.2) is 22.6 Å². The number of nitrogens with one attached hydrogen (secondary N) is 2. The van der Waals surface area contributed by atoms with Gasteiger partial charge in [0.25, 0.3) is 0 Å². The number of benzene rings is 4. The number of para-hydroxylation sites is 1. The van der Waals surface area contributed by atoms with Crippen molar-refractivity contribution in [3.8, 4) is 11.5 Å². The van der Waals surface area contributed by atoms with Gasteiger partial charge in [-0.3, -0.25) is 5.32 Å². The Hall–Kier alpha value is -5.00. The maximum Gasteiger partial charge on any atom is 0.413 e. The molecule has 0 radical (unpaired) electrons. The molecule has 4 N–H and O–H groups in total. The molecule has 4 aromatic carbocycles. The van der Waals surface area contributed by atoms with Crippen molar-refractivity contribution >= 4 is 35.5 Å². The topological polar surface area (TPSA) is 208 Å². The van der Waals surface area contributed by atoms with Gasteiger partial charge in [0.1, 0.15) is 24.2 Å². The van der Waals surface area contributed by atoms with Crippen molar-refractivity contribution in [3.05, 3.63) is 120 Å². The van der Waals surface area contributed by atoms with E-state index in [1.807, 2.05) is 44.2 Å². The molecule has 18 heteroatoms. The molecule has 6 atom stereocenters. The van der Waals surface area contributed by atoms with Crippen molar-refractivity contribution < 1.29 is 60.8 Å². The first-order valence-corrected chi connectivity index (χ1v) is 22.7. The Bertz CT molecular complexity index is 2160. The summed E-state index contributed by atoms with van der Waals surface area (Å²) < 4.78 is 74.8. The number of nitrogens with zero attached hydrogens (tertiary/aromatic N) is 1. The van der Waals surface area contributed by atoms with Crippen molar-refractivity contribution in [2.24, 2.45) is 11.8 Å². The molecule has 60 heavy (non-hydrogen) atoms. The number of sulfonamides is 1. The Morgan fingerprint density at radius 1 is 0.867 bits per heavy atom. The van der Waals surface area contributed by atoms with Crippen LogP contribution in [0.5, 0.6) is 11.5 Å². The Morgan fingerprint density at radius 3 is 2.23 bits per heavy atom. The van der Waals surface area contributed by atoms with Crippen LogP contribution in [-0.2, 0) is 46.6 Å². The summed E-state index contributed by atoms with van der Waals surface area (Å²) in [5.41, 5.74) is 1.94. The molecule has 6 rings (SSSR count). The highest BCUT2D eigenvalue weighted by Crippen LogP contribution is 2.42. The maximum atomic E-state index is 14.1. The molecule has 0 spiro atoms. The molecule has 0 saturated carbocycles. The SMILES string of the molecule is CC(C)CN(C[C@@H](O)[C@H](Cc1ccc(NC(=O)OCc2ccccc2)cc1)NC(=O)O[C@H]1CO[C@H]2OCC[C@H]21)S(=O)(=O)c1ccc(OCP(=O)(O)Oc2ccccc2)cc1. The molecule has 2 amide bonds. The lowest BCUT2D eigenvalue weighted by atomic mass is 10.0. The second-order valence-corrected chi connectivity index (χ2v) is 18.5. The van der Waals surface area contributed by atoms with E-state index < -0.39 is 67.2 Å². The molecule has 2 heterocycles. The number of alkyl carbamates (subject to hydrolysis) is 1. The lowest BCUT2D eigenvalue weighted by Crippen LogP contribution is -2.51. The van der Waals surface area contributed by atoms with Crippen molar-refractivity contribution in [2.45, 2.75) is 62.7 Å². The quantitative estimate of drug-likeness (QED) is 0.0782. The Kier molecular flexibility index (Phi) is 15.2. The molecule has 0 aliphatic carbocycles. The summed E-state index contributed by atoms with van der Waals surface area (Å²) in [6, 6.07) is 28.3. The lowest BCUT2D eigenvalue weighted by molar-refractivity contribution is -0.0907. The van der Waals surface area contributed by atoms with Gasteiger partial charge >= 0.3 is 19.8 Å². The van der Waals surface area contributed by atoms with E-state index >= 15 is 0 Å². The van der Waals surface area contributed by atoms with Gasteiger partial charge in [0.2, 0.25) is 10.0 Å². The van der Waals surface area contributed by atoms with Crippen LogP contribution in [0.15, 0.2) is 114 Å². The number of hydrogen-bond donors (Lipinski definition) is 4. The molecule has 322 valence electrons. The number of hydrogen-bond acceptors (Lipinski definition) is 12. The average Bonchev–Trinajstić information content (AvgIpc) is 3.85. The molecule has 16 nitrogen and oxygen atoms in total. The highest BCUT2D eigenvalue weighted by molar-refractivity contribution is 7.89. The second kappa shape index (κ2) is 20.5. The predicted octanol–water partition coefficient (Wildman–Crippen LogP) is 6.14. The zero-order chi connectivity index (χ0) is 42.7. The van der Waals surface area contributed by atoms with Crippen molar-refractivity contribution in [1.82, 2.24) is 9.62 Å². The molecule has 0 bridgehead atoms. The van der Waals surface area contributed by atoms with E-state index in [-0.39, 0.29) is 54.4 Å². The highest BCUT2D eigenvalue weighted by atomic mass is 32.2. The van der Waals surface area contributed by atoms with Gasteiger partial charge in [-0.2, -0.15) is 4.31 Å². The Balaban J connectivity index is 1.13. The zero-order valence-electron chi connectivity index (χ0n) is 33.2. The van der Waals surface area contributed by atoms with Crippen molar-refractivity contribution in [3.63, 3.8) is 0 Å².